The van der Waals surface area contributed by atoms with E-state index in [0.29, 0.717) is 18.9 Å². The maximum Gasteiger partial charge on any atom is 0.177 e. The third-order valence-corrected chi connectivity index (χ3v) is 4.42. The average molecular weight is 324 g/mol. The number of aromatic nitrogens is 4. The topological polar surface area (TPSA) is 97.1 Å². The van der Waals surface area contributed by atoms with E-state index < -0.39 is 0 Å². The molecule has 124 valence electrons. The molecule has 0 amide bonds. The fraction of sp³-hybridized carbons (Fsp3) is 0.562. The van der Waals surface area contributed by atoms with Crippen molar-refractivity contribution in [1.82, 2.24) is 24.7 Å². The molecule has 24 heavy (non-hydrogen) atoms. The molecule has 0 aliphatic carbocycles. The molecule has 0 radical (unpaired) electrons. The summed E-state index contributed by atoms with van der Waals surface area (Å²) in [5.74, 6) is 0.839. The third-order valence-electron chi connectivity index (χ3n) is 4.42. The third kappa shape index (κ3) is 3.44. The zero-order valence-electron chi connectivity index (χ0n) is 13.7. The maximum atomic E-state index is 9.24. The molecule has 0 bridgehead atoms. The van der Waals surface area contributed by atoms with Gasteiger partial charge in [0, 0.05) is 38.6 Å². The Morgan fingerprint density at radius 1 is 1.33 bits per heavy atom. The number of fused-ring (bicyclic) bond motifs is 1. The summed E-state index contributed by atoms with van der Waals surface area (Å²) in [6, 6.07) is 8.64. The first-order valence-electron chi connectivity index (χ1n) is 8.14. The number of hydrogen-bond acceptors (Lipinski definition) is 7. The van der Waals surface area contributed by atoms with Gasteiger partial charge in [0.05, 0.1) is 18.1 Å². The summed E-state index contributed by atoms with van der Waals surface area (Å²) >= 11 is 0. The van der Waals surface area contributed by atoms with E-state index in [1.165, 1.54) is 0 Å². The van der Waals surface area contributed by atoms with E-state index in [1.54, 1.807) is 10.8 Å². The summed E-state index contributed by atoms with van der Waals surface area (Å²) < 4.78 is 1.68. The van der Waals surface area contributed by atoms with Gasteiger partial charge in [-0.1, -0.05) is 0 Å². The Hall–Kier alpha value is -2.71. The van der Waals surface area contributed by atoms with Crippen LogP contribution in [0.25, 0.3) is 5.65 Å². The molecule has 3 rings (SSSR count). The molecule has 8 nitrogen and oxygen atoms in total. The first-order chi connectivity index (χ1) is 11.7. The fourth-order valence-electron chi connectivity index (χ4n) is 3.16. The summed E-state index contributed by atoms with van der Waals surface area (Å²) in [7, 11) is 0. The molecule has 0 spiro atoms. The first kappa shape index (κ1) is 16.2. The number of hydrogen-bond donors (Lipinski definition) is 0. The van der Waals surface area contributed by atoms with Crippen LogP contribution >= 0.6 is 0 Å². The highest BCUT2D eigenvalue weighted by atomic mass is 15.4. The lowest BCUT2D eigenvalue weighted by molar-refractivity contribution is 0.207. The number of rotatable bonds is 5. The number of nitrogens with zero attached hydrogens (tertiary/aromatic N) is 8. The minimum absolute atomic E-state index is 0.0742. The van der Waals surface area contributed by atoms with E-state index in [-0.39, 0.29) is 5.92 Å². The largest absolute Gasteiger partial charge is 0.350 e. The van der Waals surface area contributed by atoms with Crippen molar-refractivity contribution in [3.05, 3.63) is 18.5 Å². The molecule has 1 aliphatic rings. The Kier molecular flexibility index (Phi) is 4.88. The molecule has 3 heterocycles. The van der Waals surface area contributed by atoms with Crippen molar-refractivity contribution in [3.8, 4) is 12.1 Å². The highest BCUT2D eigenvalue weighted by Gasteiger charge is 2.26. The van der Waals surface area contributed by atoms with Crippen molar-refractivity contribution in [1.29, 1.82) is 10.5 Å². The Balaban J connectivity index is 1.62. The number of nitriles is 2. The van der Waals surface area contributed by atoms with E-state index in [1.807, 2.05) is 12.1 Å². The molecule has 0 saturated carbocycles. The summed E-state index contributed by atoms with van der Waals surface area (Å²) in [5.41, 5.74) is 0.736. The van der Waals surface area contributed by atoms with E-state index in [2.05, 4.69) is 44.2 Å². The molecule has 0 unspecified atom stereocenters. The Morgan fingerprint density at radius 2 is 2.21 bits per heavy atom. The molecule has 0 aromatic carbocycles. The normalized spacial score (nSPS) is 19.8. The standard InChI is InChI=1S/C16H20N8/c1-13-10-22(11-14(9-18)3-2-6-17)7-8-23(13)16-5-4-15-20-19-12-24(15)21-16/h4-5,12-14H,2-3,7-8,10-11H2,1H3/t13-,14-/m1/s1. The summed E-state index contributed by atoms with van der Waals surface area (Å²) in [5, 5.41) is 30.3. The summed E-state index contributed by atoms with van der Waals surface area (Å²) in [4.78, 5) is 4.58. The van der Waals surface area contributed by atoms with Crippen LogP contribution in [0.5, 0.6) is 0 Å². The van der Waals surface area contributed by atoms with Gasteiger partial charge in [0.2, 0.25) is 0 Å². The number of anilines is 1. The molecule has 2 aromatic heterocycles. The van der Waals surface area contributed by atoms with Crippen molar-refractivity contribution in [2.24, 2.45) is 5.92 Å². The van der Waals surface area contributed by atoms with Crippen molar-refractivity contribution >= 4 is 11.5 Å². The second kappa shape index (κ2) is 7.24. The van der Waals surface area contributed by atoms with Gasteiger partial charge in [0.1, 0.15) is 12.1 Å². The van der Waals surface area contributed by atoms with Crippen LogP contribution in [0, 0.1) is 28.6 Å². The minimum Gasteiger partial charge on any atom is -0.350 e. The van der Waals surface area contributed by atoms with Gasteiger partial charge in [-0.05, 0) is 25.5 Å². The van der Waals surface area contributed by atoms with Gasteiger partial charge >= 0.3 is 0 Å². The minimum atomic E-state index is -0.0742. The smallest absolute Gasteiger partial charge is 0.177 e. The lowest BCUT2D eigenvalue weighted by atomic mass is 10.0. The van der Waals surface area contributed by atoms with Crippen LogP contribution in [0.15, 0.2) is 18.5 Å². The van der Waals surface area contributed by atoms with E-state index in [0.717, 1.165) is 37.6 Å². The zero-order chi connectivity index (χ0) is 16.9. The molecule has 2 atom stereocenters. The van der Waals surface area contributed by atoms with Crippen LogP contribution in [0.3, 0.4) is 0 Å². The molecular weight excluding hydrogens is 304 g/mol. The molecule has 1 saturated heterocycles. The van der Waals surface area contributed by atoms with Crippen LogP contribution < -0.4 is 4.90 Å². The van der Waals surface area contributed by atoms with E-state index in [9.17, 15) is 5.26 Å². The summed E-state index contributed by atoms with van der Waals surface area (Å²) in [6.45, 7) is 5.52. The molecule has 1 fully saturated rings. The van der Waals surface area contributed by atoms with Gasteiger partial charge in [-0.25, -0.2) is 0 Å². The van der Waals surface area contributed by atoms with Crippen molar-refractivity contribution < 1.29 is 0 Å². The molecule has 0 N–H and O–H groups in total. The molecule has 1 aliphatic heterocycles. The van der Waals surface area contributed by atoms with Gasteiger partial charge < -0.3 is 4.90 Å². The van der Waals surface area contributed by atoms with Crippen molar-refractivity contribution in [3.63, 3.8) is 0 Å². The van der Waals surface area contributed by atoms with Crippen LogP contribution in [-0.2, 0) is 0 Å². The molecule has 2 aromatic rings. The lowest BCUT2D eigenvalue weighted by Crippen LogP contribution is -2.53. The predicted octanol–water partition coefficient (Wildman–Crippen LogP) is 1.08. The lowest BCUT2D eigenvalue weighted by Gasteiger charge is -2.41. The van der Waals surface area contributed by atoms with Crippen LogP contribution in [0.1, 0.15) is 19.8 Å². The van der Waals surface area contributed by atoms with Crippen LogP contribution in [0.4, 0.5) is 5.82 Å². The Bertz CT molecular complexity index is 770. The predicted molar refractivity (Wildman–Crippen MR) is 88.0 cm³/mol. The second-order valence-corrected chi connectivity index (χ2v) is 6.15. The van der Waals surface area contributed by atoms with E-state index >= 15 is 0 Å². The Labute approximate surface area is 140 Å². The highest BCUT2D eigenvalue weighted by Crippen LogP contribution is 2.19. The fourth-order valence-corrected chi connectivity index (χ4v) is 3.16. The van der Waals surface area contributed by atoms with Crippen molar-refractivity contribution in [2.45, 2.75) is 25.8 Å². The Morgan fingerprint density at radius 3 is 2.96 bits per heavy atom. The quantitative estimate of drug-likeness (QED) is 0.811. The van der Waals surface area contributed by atoms with Crippen molar-refractivity contribution in [2.75, 3.05) is 31.1 Å². The van der Waals surface area contributed by atoms with Crippen LogP contribution in [-0.4, -0.2) is 56.9 Å². The van der Waals surface area contributed by atoms with Gasteiger partial charge in [-0.3, -0.25) is 4.90 Å². The monoisotopic (exact) mass is 324 g/mol. The maximum absolute atomic E-state index is 9.24. The molecule has 8 heteroatoms. The second-order valence-electron chi connectivity index (χ2n) is 6.15. The zero-order valence-corrected chi connectivity index (χ0v) is 13.7. The van der Waals surface area contributed by atoms with E-state index in [4.69, 9.17) is 5.26 Å². The van der Waals surface area contributed by atoms with Gasteiger partial charge in [0.15, 0.2) is 5.65 Å². The molecular formula is C16H20N8. The summed E-state index contributed by atoms with van der Waals surface area (Å²) in [6.07, 6.45) is 2.69. The van der Waals surface area contributed by atoms with Gasteiger partial charge in [-0.2, -0.15) is 15.0 Å². The first-order valence-corrected chi connectivity index (χ1v) is 8.14. The average Bonchev–Trinajstić information content (AvgIpc) is 3.06. The van der Waals surface area contributed by atoms with Gasteiger partial charge in [-0.15, -0.1) is 15.3 Å². The number of piperazine rings is 1. The highest BCUT2D eigenvalue weighted by molar-refractivity contribution is 5.46. The van der Waals surface area contributed by atoms with Crippen LogP contribution in [0.2, 0.25) is 0 Å². The van der Waals surface area contributed by atoms with Gasteiger partial charge in [0.25, 0.3) is 0 Å². The SMILES string of the molecule is C[C@@H]1CN(C[C@@H](C#N)CCC#N)CCN1c1ccc2nncn2n1.